The van der Waals surface area contributed by atoms with Crippen LogP contribution in [0.3, 0.4) is 0 Å². The van der Waals surface area contributed by atoms with Gasteiger partial charge in [0.15, 0.2) is 0 Å². The minimum absolute atomic E-state index is 0.120. The lowest BCUT2D eigenvalue weighted by Gasteiger charge is -2.53. The molecule has 0 saturated carbocycles. The predicted octanol–water partition coefficient (Wildman–Crippen LogP) is 3.67. The van der Waals surface area contributed by atoms with Crippen molar-refractivity contribution >= 4 is 6.09 Å². The smallest absolute Gasteiger partial charge is 0.410 e. The van der Waals surface area contributed by atoms with Crippen LogP contribution in [0.1, 0.15) is 67.7 Å². The van der Waals surface area contributed by atoms with Gasteiger partial charge in [-0.15, -0.1) is 0 Å². The second-order valence-electron chi connectivity index (χ2n) is 9.35. The van der Waals surface area contributed by atoms with Crippen molar-refractivity contribution in [3.05, 3.63) is 0 Å². The molecule has 1 atom stereocenters. The largest absolute Gasteiger partial charge is 0.444 e. The Morgan fingerprint density at radius 3 is 2.21 bits per heavy atom. The maximum absolute atomic E-state index is 12.3. The van der Waals surface area contributed by atoms with Gasteiger partial charge in [-0.05, 0) is 60.8 Å². The zero-order valence-corrected chi connectivity index (χ0v) is 16.6. The summed E-state index contributed by atoms with van der Waals surface area (Å²) in [6.07, 6.45) is 2.88. The van der Waals surface area contributed by atoms with Crippen LogP contribution in [0.4, 0.5) is 4.79 Å². The van der Waals surface area contributed by atoms with Crippen molar-refractivity contribution in [3.63, 3.8) is 0 Å². The molecule has 1 amide bonds. The summed E-state index contributed by atoms with van der Waals surface area (Å²) >= 11 is 0. The molecule has 2 saturated heterocycles. The van der Waals surface area contributed by atoms with Crippen molar-refractivity contribution in [2.24, 2.45) is 0 Å². The minimum Gasteiger partial charge on any atom is -0.444 e. The van der Waals surface area contributed by atoms with Crippen LogP contribution in [0.2, 0.25) is 0 Å². The van der Waals surface area contributed by atoms with Crippen molar-refractivity contribution in [1.82, 2.24) is 9.80 Å². The van der Waals surface area contributed by atoms with Gasteiger partial charge >= 0.3 is 6.09 Å². The first kappa shape index (κ1) is 19.5. The molecule has 2 fully saturated rings. The van der Waals surface area contributed by atoms with Crippen LogP contribution in [-0.2, 0) is 9.47 Å². The molecular formula is C19H36N2O3. The second-order valence-corrected chi connectivity index (χ2v) is 9.35. The number of amides is 1. The van der Waals surface area contributed by atoms with Crippen LogP contribution >= 0.6 is 0 Å². The number of carbonyl (C=O) groups excluding carboxylic acids is 1. The van der Waals surface area contributed by atoms with Gasteiger partial charge in [0.05, 0.1) is 11.7 Å². The maximum atomic E-state index is 12.3. The summed E-state index contributed by atoms with van der Waals surface area (Å²) in [5, 5.41) is 0. The molecule has 0 radical (unpaired) electrons. The summed E-state index contributed by atoms with van der Waals surface area (Å²) in [4.78, 5) is 16.7. The lowest BCUT2D eigenvalue weighted by atomic mass is 9.86. The predicted molar refractivity (Wildman–Crippen MR) is 96.3 cm³/mol. The Hall–Kier alpha value is -0.810. The van der Waals surface area contributed by atoms with E-state index in [1.54, 1.807) is 0 Å². The maximum Gasteiger partial charge on any atom is 0.410 e. The number of carbonyl (C=O) groups is 1. The molecule has 0 bridgehead atoms. The number of rotatable bonds is 1. The summed E-state index contributed by atoms with van der Waals surface area (Å²) < 4.78 is 12.0. The third kappa shape index (κ3) is 4.85. The zero-order valence-electron chi connectivity index (χ0n) is 16.6. The summed E-state index contributed by atoms with van der Waals surface area (Å²) in [6.45, 7) is 18.1. The Bertz CT molecular complexity index is 443. The zero-order chi connectivity index (χ0) is 18.2. The highest BCUT2D eigenvalue weighted by atomic mass is 16.6. The van der Waals surface area contributed by atoms with E-state index in [1.807, 2.05) is 25.7 Å². The number of piperidine rings is 1. The Labute approximate surface area is 147 Å². The van der Waals surface area contributed by atoms with Gasteiger partial charge in [0.2, 0.25) is 0 Å². The van der Waals surface area contributed by atoms with Gasteiger partial charge in [0, 0.05) is 31.7 Å². The van der Waals surface area contributed by atoms with Crippen LogP contribution in [-0.4, -0.2) is 64.9 Å². The molecule has 2 rings (SSSR count). The van der Waals surface area contributed by atoms with Crippen molar-refractivity contribution in [3.8, 4) is 0 Å². The van der Waals surface area contributed by atoms with E-state index in [0.717, 1.165) is 32.4 Å². The fraction of sp³-hybridized carbons (Fsp3) is 0.947. The van der Waals surface area contributed by atoms with E-state index in [0.29, 0.717) is 13.1 Å². The number of likely N-dealkylation sites (tertiary alicyclic amines) is 1. The fourth-order valence-electron chi connectivity index (χ4n) is 3.51. The highest BCUT2D eigenvalue weighted by Crippen LogP contribution is 2.36. The van der Waals surface area contributed by atoms with E-state index in [4.69, 9.17) is 9.47 Å². The summed E-state index contributed by atoms with van der Waals surface area (Å²) in [5.74, 6) is 0. The third-order valence-corrected chi connectivity index (χ3v) is 5.05. The molecule has 5 heteroatoms. The Morgan fingerprint density at radius 2 is 1.75 bits per heavy atom. The molecular weight excluding hydrogens is 304 g/mol. The molecule has 0 aromatic heterocycles. The molecule has 140 valence electrons. The molecule has 0 aliphatic carbocycles. The SMILES string of the molecule is CC[C@H]1CN(C(C)(C)C)CC2(CCN(C(=O)OC(C)(C)C)CC2)O1. The number of hydrogen-bond acceptors (Lipinski definition) is 4. The Kier molecular flexibility index (Phi) is 5.55. The monoisotopic (exact) mass is 340 g/mol. The molecule has 2 aliphatic heterocycles. The molecule has 0 aromatic carbocycles. The van der Waals surface area contributed by atoms with E-state index in [9.17, 15) is 4.79 Å². The first-order valence-electron chi connectivity index (χ1n) is 9.35. The van der Waals surface area contributed by atoms with E-state index in [-0.39, 0.29) is 23.3 Å². The van der Waals surface area contributed by atoms with E-state index < -0.39 is 5.60 Å². The Balaban J connectivity index is 2.01. The summed E-state index contributed by atoms with van der Waals surface area (Å²) in [5.41, 5.74) is -0.416. The highest BCUT2D eigenvalue weighted by Gasteiger charge is 2.45. The minimum atomic E-state index is -0.441. The molecule has 0 unspecified atom stereocenters. The number of ether oxygens (including phenoxy) is 2. The molecule has 0 N–H and O–H groups in total. The van der Waals surface area contributed by atoms with Crippen molar-refractivity contribution in [2.45, 2.75) is 90.6 Å². The standard InChI is InChI=1S/C19H36N2O3/c1-8-15-13-21(17(2,3)4)14-19(23-15)9-11-20(12-10-19)16(22)24-18(5,6)7/h15H,8-14H2,1-7H3/t15-/m0/s1. The molecule has 5 nitrogen and oxygen atoms in total. The van der Waals surface area contributed by atoms with Gasteiger partial charge in [0.25, 0.3) is 0 Å². The van der Waals surface area contributed by atoms with Gasteiger partial charge < -0.3 is 14.4 Å². The number of hydrogen-bond donors (Lipinski definition) is 0. The van der Waals surface area contributed by atoms with E-state index >= 15 is 0 Å². The molecule has 2 heterocycles. The average Bonchev–Trinajstić information content (AvgIpc) is 2.44. The van der Waals surface area contributed by atoms with Crippen molar-refractivity contribution in [2.75, 3.05) is 26.2 Å². The normalized spacial score (nSPS) is 25.8. The topological polar surface area (TPSA) is 42.0 Å². The molecule has 1 spiro atoms. The van der Waals surface area contributed by atoms with Gasteiger partial charge in [-0.25, -0.2) is 4.79 Å². The van der Waals surface area contributed by atoms with Crippen LogP contribution in [0.15, 0.2) is 0 Å². The highest BCUT2D eigenvalue weighted by molar-refractivity contribution is 5.68. The van der Waals surface area contributed by atoms with Gasteiger partial charge in [-0.2, -0.15) is 0 Å². The lowest BCUT2D eigenvalue weighted by Crippen LogP contribution is -2.63. The molecule has 0 aromatic rings. The first-order valence-corrected chi connectivity index (χ1v) is 9.35. The van der Waals surface area contributed by atoms with Crippen molar-refractivity contribution < 1.29 is 14.3 Å². The van der Waals surface area contributed by atoms with Gasteiger partial charge in [0.1, 0.15) is 5.60 Å². The van der Waals surface area contributed by atoms with E-state index in [1.165, 1.54) is 0 Å². The number of nitrogens with zero attached hydrogens (tertiary/aromatic N) is 2. The van der Waals surface area contributed by atoms with E-state index in [2.05, 4.69) is 32.6 Å². The Morgan fingerprint density at radius 1 is 1.17 bits per heavy atom. The molecule has 2 aliphatic rings. The summed E-state index contributed by atoms with van der Waals surface area (Å²) in [6, 6.07) is 0. The van der Waals surface area contributed by atoms with Crippen LogP contribution in [0.5, 0.6) is 0 Å². The number of morpholine rings is 1. The van der Waals surface area contributed by atoms with Crippen LogP contribution in [0, 0.1) is 0 Å². The fourth-order valence-corrected chi connectivity index (χ4v) is 3.51. The molecule has 24 heavy (non-hydrogen) atoms. The van der Waals surface area contributed by atoms with Gasteiger partial charge in [-0.1, -0.05) is 6.92 Å². The third-order valence-electron chi connectivity index (χ3n) is 5.05. The lowest BCUT2D eigenvalue weighted by molar-refractivity contribution is -0.188. The van der Waals surface area contributed by atoms with Crippen LogP contribution < -0.4 is 0 Å². The van der Waals surface area contributed by atoms with Crippen molar-refractivity contribution in [1.29, 1.82) is 0 Å². The second kappa shape index (κ2) is 6.83. The average molecular weight is 341 g/mol. The van der Waals surface area contributed by atoms with Gasteiger partial charge in [-0.3, -0.25) is 4.90 Å². The summed E-state index contributed by atoms with van der Waals surface area (Å²) in [7, 11) is 0. The first-order chi connectivity index (χ1) is 10.9. The van der Waals surface area contributed by atoms with Crippen LogP contribution in [0.25, 0.3) is 0 Å². The quantitative estimate of drug-likeness (QED) is 0.730.